The summed E-state index contributed by atoms with van der Waals surface area (Å²) >= 11 is 3.80. The third kappa shape index (κ3) is 3.29. The van der Waals surface area contributed by atoms with Crippen molar-refractivity contribution in [3.05, 3.63) is 84.4 Å². The smallest absolute Gasteiger partial charge is 0.0476 e. The van der Waals surface area contributed by atoms with Crippen LogP contribution in [0.4, 0.5) is 0 Å². The first-order chi connectivity index (χ1) is 11.8. The summed E-state index contributed by atoms with van der Waals surface area (Å²) in [6, 6.07) is 23.2. The molecule has 0 fully saturated rings. The minimum absolute atomic E-state index is 1.15. The summed E-state index contributed by atoms with van der Waals surface area (Å²) in [6.45, 7) is 10.0. The number of fused-ring (bicyclic) bond motifs is 3. The summed E-state index contributed by atoms with van der Waals surface area (Å²) in [5.74, 6) is 0. The molecule has 1 aromatic heterocycles. The molecule has 0 bridgehead atoms. The van der Waals surface area contributed by atoms with Crippen molar-refractivity contribution in [2.75, 3.05) is 0 Å². The maximum Gasteiger partial charge on any atom is 0.0476 e. The van der Waals surface area contributed by atoms with Gasteiger partial charge in [0.2, 0.25) is 0 Å². The Labute approximate surface area is 152 Å². The molecule has 1 N–H and O–H groups in total. The molecule has 24 heavy (non-hydrogen) atoms. The lowest BCUT2D eigenvalue weighted by molar-refractivity contribution is 1.50. The Balaban J connectivity index is 0.000000487. The molecule has 0 aliphatic heterocycles. The molecule has 0 spiro atoms. The van der Waals surface area contributed by atoms with Gasteiger partial charge in [-0.3, -0.25) is 0 Å². The molecule has 0 unspecified atom stereocenters. The number of hydrogen-bond acceptors (Lipinski definition) is 0. The van der Waals surface area contributed by atoms with Gasteiger partial charge in [-0.2, -0.15) is 0 Å². The van der Waals surface area contributed by atoms with Gasteiger partial charge in [-0.1, -0.05) is 68.4 Å². The van der Waals surface area contributed by atoms with E-state index in [1.165, 1.54) is 27.4 Å². The second-order valence-corrected chi connectivity index (χ2v) is 5.68. The van der Waals surface area contributed by atoms with Crippen molar-refractivity contribution in [1.82, 2.24) is 4.98 Å². The van der Waals surface area contributed by atoms with Crippen LogP contribution in [0.2, 0.25) is 0 Å². The fraction of sp³-hybridized carbons (Fsp3) is 0.0909. The van der Waals surface area contributed by atoms with E-state index in [0.717, 1.165) is 9.99 Å². The van der Waals surface area contributed by atoms with Crippen molar-refractivity contribution in [2.24, 2.45) is 0 Å². The molecule has 2 heteroatoms. The van der Waals surface area contributed by atoms with Gasteiger partial charge in [0.1, 0.15) is 0 Å². The lowest BCUT2D eigenvalue weighted by atomic mass is 10.0. The second-order valence-electron chi connectivity index (χ2n) is 4.89. The van der Waals surface area contributed by atoms with Gasteiger partial charge in [-0.15, -0.1) is 13.2 Å². The van der Waals surface area contributed by atoms with Gasteiger partial charge in [0.25, 0.3) is 0 Å². The molecule has 0 saturated heterocycles. The minimum Gasteiger partial charge on any atom is -0.354 e. The SMILES string of the molecule is Brc1c(-c2ccccc2)ccc2[nH]c3ccccc3c12.C=C.CC. The zero-order valence-corrected chi connectivity index (χ0v) is 15.7. The van der Waals surface area contributed by atoms with Crippen LogP contribution >= 0.6 is 15.9 Å². The normalized spacial score (nSPS) is 9.79. The second kappa shape index (κ2) is 8.51. The van der Waals surface area contributed by atoms with Crippen molar-refractivity contribution in [2.45, 2.75) is 13.8 Å². The Kier molecular flexibility index (Phi) is 6.39. The predicted molar refractivity (Wildman–Crippen MR) is 112 cm³/mol. The van der Waals surface area contributed by atoms with Gasteiger partial charge >= 0.3 is 0 Å². The quantitative estimate of drug-likeness (QED) is 0.328. The Morgan fingerprint density at radius 2 is 1.38 bits per heavy atom. The third-order valence-corrected chi connectivity index (χ3v) is 4.52. The van der Waals surface area contributed by atoms with Crippen LogP contribution in [0.25, 0.3) is 32.9 Å². The summed E-state index contributed by atoms with van der Waals surface area (Å²) in [7, 11) is 0. The molecule has 122 valence electrons. The highest BCUT2D eigenvalue weighted by molar-refractivity contribution is 9.10. The van der Waals surface area contributed by atoms with Gasteiger partial charge in [-0.05, 0) is 39.2 Å². The van der Waals surface area contributed by atoms with Crippen molar-refractivity contribution in [3.63, 3.8) is 0 Å². The van der Waals surface area contributed by atoms with E-state index in [0.29, 0.717) is 0 Å². The van der Waals surface area contributed by atoms with Crippen molar-refractivity contribution < 1.29 is 0 Å². The third-order valence-electron chi connectivity index (χ3n) is 3.69. The number of aromatic nitrogens is 1. The van der Waals surface area contributed by atoms with E-state index in [9.17, 15) is 0 Å². The number of rotatable bonds is 1. The molecule has 0 atom stereocenters. The van der Waals surface area contributed by atoms with Crippen LogP contribution in [-0.2, 0) is 0 Å². The number of aromatic amines is 1. The van der Waals surface area contributed by atoms with E-state index in [1.54, 1.807) is 0 Å². The summed E-state index contributed by atoms with van der Waals surface area (Å²) in [6.07, 6.45) is 0. The van der Waals surface area contributed by atoms with E-state index < -0.39 is 0 Å². The fourth-order valence-corrected chi connectivity index (χ4v) is 3.53. The van der Waals surface area contributed by atoms with E-state index in [2.05, 4.69) is 94.7 Å². The zero-order chi connectivity index (χ0) is 17.5. The Hall–Kier alpha value is -2.32. The molecule has 4 aromatic rings. The summed E-state index contributed by atoms with van der Waals surface area (Å²) in [5, 5.41) is 2.51. The molecule has 0 aliphatic carbocycles. The molecular formula is C22H22BrN. The first-order valence-electron chi connectivity index (χ1n) is 8.09. The summed E-state index contributed by atoms with van der Waals surface area (Å²) in [5.41, 5.74) is 4.79. The van der Waals surface area contributed by atoms with Crippen LogP contribution < -0.4 is 0 Å². The number of hydrogen-bond donors (Lipinski definition) is 1. The number of nitrogens with one attached hydrogen (secondary N) is 1. The highest BCUT2D eigenvalue weighted by atomic mass is 79.9. The van der Waals surface area contributed by atoms with E-state index >= 15 is 0 Å². The maximum absolute atomic E-state index is 3.80. The molecule has 0 radical (unpaired) electrons. The molecule has 3 aromatic carbocycles. The molecule has 1 nitrogen and oxygen atoms in total. The minimum atomic E-state index is 1.15. The number of H-pyrrole nitrogens is 1. The standard InChI is InChI=1S/C18H12BrN.C2H6.C2H4/c19-18-13(12-6-2-1-3-7-12)10-11-16-17(18)14-8-4-5-9-15(14)20-16;2*1-2/h1-11,20H;1-2H3;1-2H2. The Bertz CT molecular complexity index is 923. The van der Waals surface area contributed by atoms with Crippen molar-refractivity contribution >= 4 is 37.7 Å². The monoisotopic (exact) mass is 379 g/mol. The zero-order valence-electron chi connectivity index (χ0n) is 14.1. The molecule has 4 rings (SSSR count). The Morgan fingerprint density at radius 1 is 0.750 bits per heavy atom. The highest BCUT2D eigenvalue weighted by Crippen LogP contribution is 2.38. The van der Waals surface area contributed by atoms with Crippen LogP contribution in [0.5, 0.6) is 0 Å². The first-order valence-corrected chi connectivity index (χ1v) is 8.88. The van der Waals surface area contributed by atoms with E-state index in [4.69, 9.17) is 0 Å². The van der Waals surface area contributed by atoms with Crippen LogP contribution in [0, 0.1) is 0 Å². The maximum atomic E-state index is 3.80. The van der Waals surface area contributed by atoms with Crippen LogP contribution in [0.1, 0.15) is 13.8 Å². The van der Waals surface area contributed by atoms with Gasteiger partial charge in [-0.25, -0.2) is 0 Å². The van der Waals surface area contributed by atoms with Gasteiger partial charge in [0.15, 0.2) is 0 Å². The van der Waals surface area contributed by atoms with E-state index in [-0.39, 0.29) is 0 Å². The fourth-order valence-electron chi connectivity index (χ4n) is 2.74. The lowest BCUT2D eigenvalue weighted by Gasteiger charge is -2.06. The predicted octanol–water partition coefficient (Wildman–Crippen LogP) is 7.58. The first kappa shape index (κ1) is 18.0. The van der Waals surface area contributed by atoms with Crippen molar-refractivity contribution in [1.29, 1.82) is 0 Å². The summed E-state index contributed by atoms with van der Waals surface area (Å²) < 4.78 is 1.15. The van der Waals surface area contributed by atoms with Gasteiger partial charge in [0, 0.05) is 26.3 Å². The van der Waals surface area contributed by atoms with Gasteiger partial charge < -0.3 is 4.98 Å². The molecule has 0 saturated carbocycles. The average Bonchev–Trinajstić information content (AvgIpc) is 3.05. The number of para-hydroxylation sites is 1. The lowest BCUT2D eigenvalue weighted by Crippen LogP contribution is -1.80. The molecule has 1 heterocycles. The largest absolute Gasteiger partial charge is 0.354 e. The number of benzene rings is 3. The van der Waals surface area contributed by atoms with Crippen LogP contribution in [0.3, 0.4) is 0 Å². The topological polar surface area (TPSA) is 15.8 Å². The highest BCUT2D eigenvalue weighted by Gasteiger charge is 2.11. The van der Waals surface area contributed by atoms with Crippen LogP contribution in [0.15, 0.2) is 84.4 Å². The van der Waals surface area contributed by atoms with Gasteiger partial charge in [0.05, 0.1) is 0 Å². The van der Waals surface area contributed by atoms with Crippen molar-refractivity contribution in [3.8, 4) is 11.1 Å². The molecular weight excluding hydrogens is 358 g/mol. The average molecular weight is 380 g/mol. The summed E-state index contributed by atoms with van der Waals surface area (Å²) in [4.78, 5) is 3.47. The molecule has 0 aliphatic rings. The Morgan fingerprint density at radius 3 is 2.08 bits per heavy atom. The van der Waals surface area contributed by atoms with Crippen LogP contribution in [-0.4, -0.2) is 4.98 Å². The number of halogens is 1. The van der Waals surface area contributed by atoms with E-state index in [1.807, 2.05) is 19.9 Å². The molecule has 0 amide bonds.